The number of nitrogens with zero attached hydrogens (tertiary/aromatic N) is 1. The van der Waals surface area contributed by atoms with E-state index in [0.29, 0.717) is 0 Å². The minimum atomic E-state index is 0.00440. The zero-order valence-electron chi connectivity index (χ0n) is 11.5. The lowest BCUT2D eigenvalue weighted by molar-refractivity contribution is 0.208. The molecule has 0 spiro atoms. The third kappa shape index (κ3) is 2.70. The van der Waals surface area contributed by atoms with Crippen molar-refractivity contribution in [3.05, 3.63) is 52.2 Å². The predicted octanol–water partition coefficient (Wildman–Crippen LogP) is 4.43. The van der Waals surface area contributed by atoms with E-state index in [1.807, 2.05) is 42.2 Å². The van der Waals surface area contributed by atoms with Crippen molar-refractivity contribution in [2.45, 2.75) is 25.8 Å². The van der Waals surface area contributed by atoms with Crippen LogP contribution in [0.4, 0.5) is 10.5 Å². The second kappa shape index (κ2) is 5.67. The maximum atomic E-state index is 12.4. The van der Waals surface area contributed by atoms with Gasteiger partial charge in [0.15, 0.2) is 0 Å². The van der Waals surface area contributed by atoms with Gasteiger partial charge in [0.1, 0.15) is 0 Å². The van der Waals surface area contributed by atoms with Gasteiger partial charge in [-0.15, -0.1) is 11.3 Å². The summed E-state index contributed by atoms with van der Waals surface area (Å²) in [5, 5.41) is 5.07. The molecular formula is C16H18N2OS. The van der Waals surface area contributed by atoms with E-state index < -0.39 is 0 Å². The van der Waals surface area contributed by atoms with Crippen LogP contribution in [-0.4, -0.2) is 17.5 Å². The normalized spacial score (nSPS) is 18.2. The summed E-state index contributed by atoms with van der Waals surface area (Å²) in [5.74, 6) is 0. The molecule has 0 aliphatic carbocycles. The van der Waals surface area contributed by atoms with Crippen LogP contribution in [-0.2, 0) is 0 Å². The molecular weight excluding hydrogens is 268 g/mol. The quantitative estimate of drug-likeness (QED) is 0.870. The Labute approximate surface area is 123 Å². The molecule has 1 saturated heterocycles. The molecule has 0 bridgehead atoms. The van der Waals surface area contributed by atoms with Crippen molar-refractivity contribution in [1.82, 2.24) is 4.90 Å². The molecule has 1 fully saturated rings. The fourth-order valence-corrected chi connectivity index (χ4v) is 3.49. The molecule has 2 amide bonds. The van der Waals surface area contributed by atoms with Crippen LogP contribution in [0.5, 0.6) is 0 Å². The Bertz CT molecular complexity index is 577. The number of amides is 2. The minimum Gasteiger partial charge on any atom is -0.317 e. The number of likely N-dealkylation sites (tertiary alicyclic amines) is 1. The highest BCUT2D eigenvalue weighted by Gasteiger charge is 2.30. The van der Waals surface area contributed by atoms with E-state index in [9.17, 15) is 4.79 Å². The van der Waals surface area contributed by atoms with E-state index >= 15 is 0 Å². The molecule has 1 aliphatic rings. The van der Waals surface area contributed by atoms with Crippen molar-refractivity contribution >= 4 is 23.1 Å². The van der Waals surface area contributed by atoms with Gasteiger partial charge in [-0.2, -0.15) is 0 Å². The lowest BCUT2D eigenvalue weighted by Gasteiger charge is -2.24. The van der Waals surface area contributed by atoms with E-state index in [0.717, 1.165) is 25.1 Å². The summed E-state index contributed by atoms with van der Waals surface area (Å²) in [6.45, 7) is 2.87. The highest BCUT2D eigenvalue weighted by molar-refractivity contribution is 7.10. The lowest BCUT2D eigenvalue weighted by Crippen LogP contribution is -2.34. The van der Waals surface area contributed by atoms with Crippen LogP contribution < -0.4 is 5.32 Å². The fraction of sp³-hybridized carbons (Fsp3) is 0.312. The highest BCUT2D eigenvalue weighted by Crippen LogP contribution is 2.34. The molecule has 1 atom stereocenters. The first-order valence-electron chi connectivity index (χ1n) is 6.92. The summed E-state index contributed by atoms with van der Waals surface area (Å²) in [6.07, 6.45) is 2.13. The molecule has 1 aliphatic heterocycles. The summed E-state index contributed by atoms with van der Waals surface area (Å²) < 4.78 is 0. The van der Waals surface area contributed by atoms with E-state index in [2.05, 4.69) is 16.8 Å². The topological polar surface area (TPSA) is 32.3 Å². The largest absolute Gasteiger partial charge is 0.322 e. The van der Waals surface area contributed by atoms with Gasteiger partial charge in [0.05, 0.1) is 6.04 Å². The number of thiophene rings is 1. The van der Waals surface area contributed by atoms with Crippen LogP contribution in [0.2, 0.25) is 0 Å². The van der Waals surface area contributed by atoms with Gasteiger partial charge < -0.3 is 10.2 Å². The molecule has 1 aromatic carbocycles. The van der Waals surface area contributed by atoms with Gasteiger partial charge in [-0.25, -0.2) is 4.79 Å². The van der Waals surface area contributed by atoms with E-state index in [1.54, 1.807) is 11.3 Å². The molecule has 104 valence electrons. The van der Waals surface area contributed by atoms with Crippen LogP contribution in [0.1, 0.15) is 29.3 Å². The van der Waals surface area contributed by atoms with Gasteiger partial charge in [-0.3, -0.25) is 0 Å². The maximum absolute atomic E-state index is 12.4. The molecule has 0 radical (unpaired) electrons. The van der Waals surface area contributed by atoms with Crippen molar-refractivity contribution < 1.29 is 4.79 Å². The molecule has 2 aromatic rings. The molecule has 0 unspecified atom stereocenters. The standard InChI is InChI=1S/C16H18N2OS/c1-12-6-8-13(9-7-12)17-16(19)18-10-2-4-14(18)15-5-3-11-20-15/h3,5-9,11,14H,2,4,10H2,1H3,(H,17,19)/t14-/m1/s1. The van der Waals surface area contributed by atoms with Gasteiger partial charge >= 0.3 is 6.03 Å². The summed E-state index contributed by atoms with van der Waals surface area (Å²) >= 11 is 1.73. The SMILES string of the molecule is Cc1ccc(NC(=O)N2CCC[C@@H]2c2cccs2)cc1. The summed E-state index contributed by atoms with van der Waals surface area (Å²) in [7, 11) is 0. The Morgan fingerprint density at radius 3 is 2.80 bits per heavy atom. The third-order valence-electron chi connectivity index (χ3n) is 3.69. The first-order valence-corrected chi connectivity index (χ1v) is 7.80. The number of aryl methyl sites for hydroxylation is 1. The zero-order chi connectivity index (χ0) is 13.9. The van der Waals surface area contributed by atoms with Crippen molar-refractivity contribution in [2.75, 3.05) is 11.9 Å². The second-order valence-electron chi connectivity index (χ2n) is 5.16. The van der Waals surface area contributed by atoms with E-state index in [1.165, 1.54) is 10.4 Å². The zero-order valence-corrected chi connectivity index (χ0v) is 12.3. The number of urea groups is 1. The van der Waals surface area contributed by atoms with Gasteiger partial charge in [0.2, 0.25) is 0 Å². The number of hydrogen-bond donors (Lipinski definition) is 1. The third-order valence-corrected chi connectivity index (χ3v) is 4.66. The smallest absolute Gasteiger partial charge is 0.317 e. The molecule has 0 saturated carbocycles. The van der Waals surface area contributed by atoms with Crippen molar-refractivity contribution in [1.29, 1.82) is 0 Å². The minimum absolute atomic E-state index is 0.00440. The second-order valence-corrected chi connectivity index (χ2v) is 6.14. The molecule has 3 nitrogen and oxygen atoms in total. The van der Waals surface area contributed by atoms with Crippen molar-refractivity contribution in [3.63, 3.8) is 0 Å². The first kappa shape index (κ1) is 13.2. The average molecular weight is 286 g/mol. The number of hydrogen-bond acceptors (Lipinski definition) is 2. The molecule has 2 heterocycles. The van der Waals surface area contributed by atoms with Crippen molar-refractivity contribution in [2.24, 2.45) is 0 Å². The van der Waals surface area contributed by atoms with Gasteiger partial charge in [-0.1, -0.05) is 23.8 Å². The van der Waals surface area contributed by atoms with Crippen LogP contribution in [0.3, 0.4) is 0 Å². The number of rotatable bonds is 2. The van der Waals surface area contributed by atoms with E-state index in [4.69, 9.17) is 0 Å². The summed E-state index contributed by atoms with van der Waals surface area (Å²) in [6, 6.07) is 12.3. The Balaban J connectivity index is 1.71. The first-order chi connectivity index (χ1) is 9.74. The number of nitrogens with one attached hydrogen (secondary N) is 1. The lowest BCUT2D eigenvalue weighted by atomic mass is 10.2. The Morgan fingerprint density at radius 1 is 1.30 bits per heavy atom. The van der Waals surface area contributed by atoms with Gasteiger partial charge in [0, 0.05) is 17.1 Å². The Morgan fingerprint density at radius 2 is 2.10 bits per heavy atom. The van der Waals surface area contributed by atoms with Gasteiger partial charge in [0.25, 0.3) is 0 Å². The van der Waals surface area contributed by atoms with Crippen molar-refractivity contribution in [3.8, 4) is 0 Å². The number of carbonyl (C=O) groups is 1. The van der Waals surface area contributed by atoms with Crippen LogP contribution in [0.15, 0.2) is 41.8 Å². The number of anilines is 1. The molecule has 1 aromatic heterocycles. The van der Waals surface area contributed by atoms with Crippen LogP contribution in [0.25, 0.3) is 0 Å². The Kier molecular flexibility index (Phi) is 3.74. The highest BCUT2D eigenvalue weighted by atomic mass is 32.1. The molecule has 3 rings (SSSR count). The average Bonchev–Trinajstić information content (AvgIpc) is 3.11. The fourth-order valence-electron chi connectivity index (χ4n) is 2.62. The van der Waals surface area contributed by atoms with Crippen LogP contribution in [0, 0.1) is 6.92 Å². The molecule has 20 heavy (non-hydrogen) atoms. The Hall–Kier alpha value is -1.81. The summed E-state index contributed by atoms with van der Waals surface area (Å²) in [4.78, 5) is 15.7. The van der Waals surface area contributed by atoms with E-state index in [-0.39, 0.29) is 12.1 Å². The number of benzene rings is 1. The van der Waals surface area contributed by atoms with Gasteiger partial charge in [-0.05, 0) is 43.3 Å². The van der Waals surface area contributed by atoms with Crippen LogP contribution >= 0.6 is 11.3 Å². The molecule has 4 heteroatoms. The predicted molar refractivity (Wildman–Crippen MR) is 83.2 cm³/mol. The molecule has 1 N–H and O–H groups in total. The maximum Gasteiger partial charge on any atom is 0.322 e. The summed E-state index contributed by atoms with van der Waals surface area (Å²) in [5.41, 5.74) is 2.05. The monoisotopic (exact) mass is 286 g/mol. The number of carbonyl (C=O) groups excluding carboxylic acids is 1.